The van der Waals surface area contributed by atoms with Crippen molar-refractivity contribution in [3.8, 4) is 0 Å². The highest BCUT2D eigenvalue weighted by Gasteiger charge is 2.28. The van der Waals surface area contributed by atoms with E-state index >= 15 is 0 Å². The van der Waals surface area contributed by atoms with E-state index in [-0.39, 0.29) is 17.9 Å². The fourth-order valence-electron chi connectivity index (χ4n) is 2.65. The maximum absolute atomic E-state index is 12.6. The molecule has 5 heteroatoms. The number of rotatable bonds is 7. The van der Waals surface area contributed by atoms with Gasteiger partial charge in [-0.2, -0.15) is 0 Å². The first-order valence-corrected chi connectivity index (χ1v) is 8.57. The lowest BCUT2D eigenvalue weighted by atomic mass is 10.1. The zero-order valence-electron chi connectivity index (χ0n) is 14.3. The van der Waals surface area contributed by atoms with Crippen LogP contribution in [0.4, 0.5) is 5.69 Å². The summed E-state index contributed by atoms with van der Waals surface area (Å²) < 4.78 is 0. The fraction of sp³-hybridized carbons (Fsp3) is 0.300. The monoisotopic (exact) mass is 337 g/mol. The second kappa shape index (κ2) is 7.94. The van der Waals surface area contributed by atoms with Gasteiger partial charge in [0.15, 0.2) is 0 Å². The van der Waals surface area contributed by atoms with Crippen molar-refractivity contribution >= 4 is 17.5 Å². The molecule has 1 fully saturated rings. The molecule has 1 aliphatic rings. The van der Waals surface area contributed by atoms with E-state index in [2.05, 4.69) is 16.0 Å². The maximum atomic E-state index is 12.6. The van der Waals surface area contributed by atoms with Crippen LogP contribution >= 0.6 is 0 Å². The number of nitrogens with one attached hydrogen (secondary N) is 3. The molecule has 0 radical (unpaired) electrons. The minimum atomic E-state index is -0.378. The van der Waals surface area contributed by atoms with Gasteiger partial charge in [0.25, 0.3) is 0 Å². The SMILES string of the molecule is CC(=O)Nc1ccc(CN[C@@H](C(=O)NC2CC2)c2ccccc2)cc1. The molecule has 3 rings (SSSR count). The minimum absolute atomic E-state index is 0.0172. The van der Waals surface area contributed by atoms with Gasteiger partial charge in [0.1, 0.15) is 6.04 Å². The third-order valence-corrected chi connectivity index (χ3v) is 4.10. The number of amides is 2. The van der Waals surface area contributed by atoms with Gasteiger partial charge in [-0.1, -0.05) is 42.5 Å². The normalized spacial score (nSPS) is 14.6. The van der Waals surface area contributed by atoms with E-state index in [1.54, 1.807) is 0 Å². The van der Waals surface area contributed by atoms with Crippen LogP contribution in [0, 0.1) is 0 Å². The van der Waals surface area contributed by atoms with Crippen molar-refractivity contribution in [3.05, 3.63) is 65.7 Å². The molecule has 0 saturated heterocycles. The highest BCUT2D eigenvalue weighted by molar-refractivity contribution is 5.88. The minimum Gasteiger partial charge on any atom is -0.352 e. The van der Waals surface area contributed by atoms with Gasteiger partial charge in [0, 0.05) is 25.2 Å². The van der Waals surface area contributed by atoms with Gasteiger partial charge in [-0.3, -0.25) is 14.9 Å². The molecule has 130 valence electrons. The lowest BCUT2D eigenvalue weighted by Gasteiger charge is -2.19. The van der Waals surface area contributed by atoms with Crippen LogP contribution in [0.1, 0.15) is 36.9 Å². The Morgan fingerprint density at radius 2 is 1.72 bits per heavy atom. The molecule has 0 aliphatic heterocycles. The Hall–Kier alpha value is -2.66. The molecule has 0 aromatic heterocycles. The summed E-state index contributed by atoms with van der Waals surface area (Å²) in [4.78, 5) is 23.6. The topological polar surface area (TPSA) is 70.2 Å². The van der Waals surface area contributed by atoms with Crippen molar-refractivity contribution in [2.24, 2.45) is 0 Å². The molecule has 1 aliphatic carbocycles. The standard InChI is InChI=1S/C20H23N3O2/c1-14(24)22-17-9-7-15(8-10-17)13-21-19(16-5-3-2-4-6-16)20(25)23-18-11-12-18/h2-10,18-19,21H,11-13H2,1H3,(H,22,24)(H,23,25)/t19-/m1/s1. The average Bonchev–Trinajstić information content (AvgIpc) is 3.41. The summed E-state index contributed by atoms with van der Waals surface area (Å²) in [5, 5.41) is 9.16. The molecule has 0 spiro atoms. The first kappa shape index (κ1) is 17.2. The van der Waals surface area contributed by atoms with E-state index in [1.807, 2.05) is 54.6 Å². The summed E-state index contributed by atoms with van der Waals surface area (Å²) in [5.74, 6) is -0.0738. The summed E-state index contributed by atoms with van der Waals surface area (Å²) in [6.45, 7) is 2.05. The molecule has 1 atom stereocenters. The highest BCUT2D eigenvalue weighted by atomic mass is 16.2. The van der Waals surface area contributed by atoms with E-state index in [4.69, 9.17) is 0 Å². The number of anilines is 1. The molecule has 1 saturated carbocycles. The molecule has 5 nitrogen and oxygen atoms in total. The third-order valence-electron chi connectivity index (χ3n) is 4.10. The lowest BCUT2D eigenvalue weighted by Crippen LogP contribution is -2.38. The Kier molecular flexibility index (Phi) is 5.46. The van der Waals surface area contributed by atoms with Crippen LogP contribution in [0.2, 0.25) is 0 Å². The van der Waals surface area contributed by atoms with Gasteiger partial charge in [0.2, 0.25) is 11.8 Å². The van der Waals surface area contributed by atoms with Crippen LogP contribution in [-0.4, -0.2) is 17.9 Å². The number of carbonyl (C=O) groups is 2. The summed E-state index contributed by atoms with van der Waals surface area (Å²) in [7, 11) is 0. The van der Waals surface area contributed by atoms with Crippen LogP contribution in [0.3, 0.4) is 0 Å². The van der Waals surface area contributed by atoms with Crippen LogP contribution in [0.25, 0.3) is 0 Å². The quantitative estimate of drug-likeness (QED) is 0.727. The first-order valence-electron chi connectivity index (χ1n) is 8.57. The number of hydrogen-bond donors (Lipinski definition) is 3. The van der Waals surface area contributed by atoms with Crippen LogP contribution in [-0.2, 0) is 16.1 Å². The zero-order valence-corrected chi connectivity index (χ0v) is 14.3. The Morgan fingerprint density at radius 1 is 1.04 bits per heavy atom. The predicted molar refractivity (Wildman–Crippen MR) is 97.9 cm³/mol. The van der Waals surface area contributed by atoms with Crippen LogP contribution in [0.15, 0.2) is 54.6 Å². The summed E-state index contributed by atoms with van der Waals surface area (Å²) in [6.07, 6.45) is 2.13. The molecule has 0 heterocycles. The second-order valence-electron chi connectivity index (χ2n) is 6.39. The van der Waals surface area contributed by atoms with Gasteiger partial charge in [-0.25, -0.2) is 0 Å². The van der Waals surface area contributed by atoms with Crippen LogP contribution < -0.4 is 16.0 Å². The van der Waals surface area contributed by atoms with Gasteiger partial charge in [0.05, 0.1) is 0 Å². The van der Waals surface area contributed by atoms with Crippen molar-refractivity contribution < 1.29 is 9.59 Å². The van der Waals surface area contributed by atoms with Gasteiger partial charge < -0.3 is 10.6 Å². The lowest BCUT2D eigenvalue weighted by molar-refractivity contribution is -0.123. The van der Waals surface area contributed by atoms with Crippen LogP contribution in [0.5, 0.6) is 0 Å². The predicted octanol–water partition coefficient (Wildman–Crippen LogP) is 2.75. The zero-order chi connectivity index (χ0) is 17.6. The largest absolute Gasteiger partial charge is 0.352 e. The van der Waals surface area contributed by atoms with E-state index in [1.165, 1.54) is 6.92 Å². The highest BCUT2D eigenvalue weighted by Crippen LogP contribution is 2.21. The molecule has 3 N–H and O–H groups in total. The van der Waals surface area contributed by atoms with Crippen molar-refractivity contribution in [2.45, 2.75) is 38.4 Å². The van der Waals surface area contributed by atoms with Crippen molar-refractivity contribution in [1.82, 2.24) is 10.6 Å². The van der Waals surface area contributed by atoms with E-state index in [9.17, 15) is 9.59 Å². The van der Waals surface area contributed by atoms with Crippen molar-refractivity contribution in [1.29, 1.82) is 0 Å². The third kappa shape index (κ3) is 5.16. The maximum Gasteiger partial charge on any atom is 0.241 e. The van der Waals surface area contributed by atoms with E-state index < -0.39 is 0 Å². The molecule has 0 unspecified atom stereocenters. The molecule has 0 bridgehead atoms. The van der Waals surface area contributed by atoms with Crippen molar-refractivity contribution in [3.63, 3.8) is 0 Å². The van der Waals surface area contributed by atoms with Gasteiger partial charge >= 0.3 is 0 Å². The summed E-state index contributed by atoms with van der Waals surface area (Å²) in [6, 6.07) is 17.3. The van der Waals surface area contributed by atoms with Gasteiger partial charge in [-0.05, 0) is 36.1 Å². The molecule has 2 aromatic rings. The molecule has 2 amide bonds. The molecular formula is C20H23N3O2. The summed E-state index contributed by atoms with van der Waals surface area (Å²) >= 11 is 0. The number of carbonyl (C=O) groups excluding carboxylic acids is 2. The molecule has 25 heavy (non-hydrogen) atoms. The molecular weight excluding hydrogens is 314 g/mol. The number of benzene rings is 2. The Balaban J connectivity index is 1.65. The Bertz CT molecular complexity index is 724. The van der Waals surface area contributed by atoms with E-state index in [0.717, 1.165) is 29.7 Å². The van der Waals surface area contributed by atoms with Gasteiger partial charge in [-0.15, -0.1) is 0 Å². The summed E-state index contributed by atoms with van der Waals surface area (Å²) in [5.41, 5.74) is 2.77. The fourth-order valence-corrected chi connectivity index (χ4v) is 2.65. The van der Waals surface area contributed by atoms with Crippen molar-refractivity contribution in [2.75, 3.05) is 5.32 Å². The number of hydrogen-bond acceptors (Lipinski definition) is 3. The second-order valence-corrected chi connectivity index (χ2v) is 6.39. The van der Waals surface area contributed by atoms with E-state index in [0.29, 0.717) is 12.6 Å². The average molecular weight is 337 g/mol. The molecule has 2 aromatic carbocycles. The Labute approximate surface area is 147 Å². The first-order chi connectivity index (χ1) is 12.1. The smallest absolute Gasteiger partial charge is 0.241 e. The Morgan fingerprint density at radius 3 is 2.32 bits per heavy atom.